The van der Waals surface area contributed by atoms with Gasteiger partial charge in [0.15, 0.2) is 0 Å². The molecule has 0 bridgehead atoms. The first-order valence-electron chi connectivity index (χ1n) is 6.97. The number of amides is 1. The Morgan fingerprint density at radius 1 is 1.40 bits per heavy atom. The van der Waals surface area contributed by atoms with Gasteiger partial charge >= 0.3 is 0 Å². The van der Waals surface area contributed by atoms with Crippen LogP contribution in [-0.2, 0) is 9.53 Å². The van der Waals surface area contributed by atoms with Crippen LogP contribution < -0.4 is 11.1 Å². The van der Waals surface area contributed by atoms with Gasteiger partial charge in [0.25, 0.3) is 0 Å². The van der Waals surface area contributed by atoms with Crippen molar-refractivity contribution in [2.45, 2.75) is 38.2 Å². The summed E-state index contributed by atoms with van der Waals surface area (Å²) >= 11 is 4.96. The number of thiocarbonyl (C=S) groups is 1. The largest absolute Gasteiger partial charge is 0.389 e. The Morgan fingerprint density at radius 2 is 2.15 bits per heavy atom. The minimum Gasteiger partial charge on any atom is -0.389 e. The molecule has 4 nitrogen and oxygen atoms in total. The maximum atomic E-state index is 11.9. The van der Waals surface area contributed by atoms with Gasteiger partial charge in [0.1, 0.15) is 4.99 Å². The zero-order valence-electron chi connectivity index (χ0n) is 11.4. The Bertz CT molecular complexity index is 487. The molecule has 1 aliphatic rings. The molecule has 1 fully saturated rings. The molecular weight excluding hydrogens is 272 g/mol. The van der Waals surface area contributed by atoms with Crippen LogP contribution in [0.15, 0.2) is 24.3 Å². The fraction of sp³-hybridized carbons (Fsp3) is 0.467. The van der Waals surface area contributed by atoms with Gasteiger partial charge in [0, 0.05) is 18.6 Å². The number of benzene rings is 1. The van der Waals surface area contributed by atoms with Crippen LogP contribution in [0.5, 0.6) is 0 Å². The lowest BCUT2D eigenvalue weighted by Gasteiger charge is -2.25. The maximum absolute atomic E-state index is 11.9. The zero-order chi connectivity index (χ0) is 14.4. The van der Waals surface area contributed by atoms with Crippen molar-refractivity contribution in [2.24, 2.45) is 5.73 Å². The van der Waals surface area contributed by atoms with Crippen LogP contribution in [0.2, 0.25) is 0 Å². The van der Waals surface area contributed by atoms with E-state index in [1.807, 2.05) is 12.1 Å². The summed E-state index contributed by atoms with van der Waals surface area (Å²) in [5.41, 5.74) is 6.99. The Morgan fingerprint density at radius 3 is 2.80 bits per heavy atom. The molecule has 1 aromatic rings. The average Bonchev–Trinajstić information content (AvgIpc) is 2.36. The standard InChI is InChI=1S/C15H20N2O2S/c16-15(20)12-7-1-2-8-13(12)17-14(18)9-4-10-19-11-5-3-6-11/h1-2,7-8,11H,3-6,9-10H2,(H2,16,20)(H,17,18). The maximum Gasteiger partial charge on any atom is 0.224 e. The highest BCUT2D eigenvalue weighted by Gasteiger charge is 2.17. The summed E-state index contributed by atoms with van der Waals surface area (Å²) < 4.78 is 5.62. The van der Waals surface area contributed by atoms with Gasteiger partial charge in [-0.25, -0.2) is 0 Å². The molecule has 20 heavy (non-hydrogen) atoms. The Labute approximate surface area is 124 Å². The van der Waals surface area contributed by atoms with Crippen LogP contribution in [0.1, 0.15) is 37.7 Å². The summed E-state index contributed by atoms with van der Waals surface area (Å²) in [7, 11) is 0. The lowest BCUT2D eigenvalue weighted by Crippen LogP contribution is -2.22. The predicted molar refractivity (Wildman–Crippen MR) is 83.8 cm³/mol. The second-order valence-corrected chi connectivity index (χ2v) is 5.43. The third-order valence-electron chi connectivity index (χ3n) is 3.42. The number of para-hydroxylation sites is 1. The molecule has 1 aliphatic carbocycles. The molecule has 0 unspecified atom stereocenters. The van der Waals surface area contributed by atoms with Gasteiger partial charge in [-0.2, -0.15) is 0 Å². The fourth-order valence-electron chi connectivity index (χ4n) is 2.04. The van der Waals surface area contributed by atoms with Gasteiger partial charge in [-0.15, -0.1) is 0 Å². The minimum absolute atomic E-state index is 0.0362. The van der Waals surface area contributed by atoms with E-state index in [-0.39, 0.29) is 10.9 Å². The second kappa shape index (κ2) is 7.36. The molecule has 0 aliphatic heterocycles. The van der Waals surface area contributed by atoms with Crippen molar-refractivity contribution in [2.75, 3.05) is 11.9 Å². The topological polar surface area (TPSA) is 64.3 Å². The number of anilines is 1. The van der Waals surface area contributed by atoms with E-state index in [9.17, 15) is 4.79 Å². The van der Waals surface area contributed by atoms with Crippen LogP contribution in [0, 0.1) is 0 Å². The molecule has 1 amide bonds. The third kappa shape index (κ3) is 4.28. The van der Waals surface area contributed by atoms with E-state index in [1.165, 1.54) is 6.42 Å². The van der Waals surface area contributed by atoms with Crippen molar-refractivity contribution in [3.05, 3.63) is 29.8 Å². The van der Waals surface area contributed by atoms with E-state index in [4.69, 9.17) is 22.7 Å². The second-order valence-electron chi connectivity index (χ2n) is 4.99. The third-order valence-corrected chi connectivity index (χ3v) is 3.64. The van der Waals surface area contributed by atoms with Crippen molar-refractivity contribution < 1.29 is 9.53 Å². The lowest BCUT2D eigenvalue weighted by atomic mass is 9.96. The molecule has 0 aromatic heterocycles. The highest BCUT2D eigenvalue weighted by molar-refractivity contribution is 7.80. The Balaban J connectivity index is 1.74. The molecule has 1 aromatic carbocycles. The van der Waals surface area contributed by atoms with Crippen LogP contribution in [0.3, 0.4) is 0 Å². The Kier molecular flexibility index (Phi) is 5.49. The van der Waals surface area contributed by atoms with E-state index in [0.717, 1.165) is 19.3 Å². The molecule has 0 radical (unpaired) electrons. The summed E-state index contributed by atoms with van der Waals surface area (Å²) in [6.45, 7) is 0.648. The predicted octanol–water partition coefficient (Wildman–Crippen LogP) is 2.61. The summed E-state index contributed by atoms with van der Waals surface area (Å²) in [4.78, 5) is 12.2. The molecule has 0 saturated heterocycles. The van der Waals surface area contributed by atoms with Gasteiger partial charge < -0.3 is 15.8 Å². The van der Waals surface area contributed by atoms with Gasteiger partial charge in [0.05, 0.1) is 11.8 Å². The van der Waals surface area contributed by atoms with E-state index < -0.39 is 0 Å². The number of carbonyl (C=O) groups excluding carboxylic acids is 1. The molecule has 2 rings (SSSR count). The molecule has 0 heterocycles. The van der Waals surface area contributed by atoms with E-state index in [0.29, 0.717) is 30.4 Å². The molecule has 3 N–H and O–H groups in total. The summed E-state index contributed by atoms with van der Waals surface area (Å²) in [5.74, 6) is -0.0362. The molecular formula is C15H20N2O2S. The van der Waals surface area contributed by atoms with Crippen molar-refractivity contribution in [3.63, 3.8) is 0 Å². The number of hydrogen-bond donors (Lipinski definition) is 2. The van der Waals surface area contributed by atoms with Crippen LogP contribution in [-0.4, -0.2) is 23.6 Å². The number of nitrogens with one attached hydrogen (secondary N) is 1. The van der Waals surface area contributed by atoms with Crippen LogP contribution in [0.4, 0.5) is 5.69 Å². The number of nitrogens with two attached hydrogens (primary N) is 1. The van der Waals surface area contributed by atoms with Crippen LogP contribution >= 0.6 is 12.2 Å². The summed E-state index contributed by atoms with van der Waals surface area (Å²) in [6, 6.07) is 7.29. The van der Waals surface area contributed by atoms with Crippen molar-refractivity contribution in [1.82, 2.24) is 0 Å². The number of ether oxygens (including phenoxy) is 1. The van der Waals surface area contributed by atoms with Crippen molar-refractivity contribution >= 4 is 28.8 Å². The van der Waals surface area contributed by atoms with Gasteiger partial charge in [-0.3, -0.25) is 4.79 Å². The fourth-order valence-corrected chi connectivity index (χ4v) is 2.22. The Hall–Kier alpha value is -1.46. The molecule has 108 valence electrons. The zero-order valence-corrected chi connectivity index (χ0v) is 12.2. The molecule has 0 atom stereocenters. The number of rotatable bonds is 7. The first-order chi connectivity index (χ1) is 9.66. The first-order valence-corrected chi connectivity index (χ1v) is 7.38. The normalized spacial score (nSPS) is 14.6. The van der Waals surface area contributed by atoms with Gasteiger partial charge in [-0.05, 0) is 37.8 Å². The SMILES string of the molecule is NC(=S)c1ccccc1NC(=O)CCCOC1CCC1. The van der Waals surface area contributed by atoms with Crippen molar-refractivity contribution in [1.29, 1.82) is 0 Å². The molecule has 5 heteroatoms. The summed E-state index contributed by atoms with van der Waals surface area (Å²) in [5, 5.41) is 2.85. The van der Waals surface area contributed by atoms with Gasteiger partial charge in [-0.1, -0.05) is 24.4 Å². The molecule has 0 spiro atoms. The number of carbonyl (C=O) groups is 1. The number of hydrogen-bond acceptors (Lipinski definition) is 3. The quantitative estimate of drug-likeness (QED) is 0.599. The minimum atomic E-state index is -0.0362. The average molecular weight is 292 g/mol. The van der Waals surface area contributed by atoms with Gasteiger partial charge in [0.2, 0.25) is 5.91 Å². The highest BCUT2D eigenvalue weighted by Crippen LogP contribution is 2.22. The lowest BCUT2D eigenvalue weighted by molar-refractivity contribution is -0.116. The molecule has 1 saturated carbocycles. The van der Waals surface area contributed by atoms with Crippen molar-refractivity contribution in [3.8, 4) is 0 Å². The summed E-state index contributed by atoms with van der Waals surface area (Å²) in [6.07, 6.45) is 5.19. The van der Waals surface area contributed by atoms with Crippen LogP contribution in [0.25, 0.3) is 0 Å². The van der Waals surface area contributed by atoms with E-state index in [2.05, 4.69) is 5.32 Å². The monoisotopic (exact) mass is 292 g/mol. The first kappa shape index (κ1) is 14.9. The smallest absolute Gasteiger partial charge is 0.224 e. The van der Waals surface area contributed by atoms with E-state index >= 15 is 0 Å². The highest BCUT2D eigenvalue weighted by atomic mass is 32.1. The van der Waals surface area contributed by atoms with E-state index in [1.54, 1.807) is 12.1 Å².